The Labute approximate surface area is 169 Å². The van der Waals surface area contributed by atoms with E-state index in [0.717, 1.165) is 5.56 Å². The SMILES string of the molecule is COc1cc([N+](=O)[O-])ccc1NC(=O)CC1C(=O)Nc2nc(-c3ccccc3)nn21. The van der Waals surface area contributed by atoms with E-state index in [1.807, 2.05) is 30.3 Å². The number of methoxy groups -OCH3 is 1. The molecule has 0 saturated heterocycles. The van der Waals surface area contributed by atoms with E-state index in [9.17, 15) is 19.7 Å². The van der Waals surface area contributed by atoms with Gasteiger partial charge < -0.3 is 10.1 Å². The molecule has 11 heteroatoms. The molecule has 0 aliphatic carbocycles. The summed E-state index contributed by atoms with van der Waals surface area (Å²) in [4.78, 5) is 39.5. The largest absolute Gasteiger partial charge is 0.494 e. The second-order valence-corrected chi connectivity index (χ2v) is 6.47. The molecule has 152 valence electrons. The molecule has 1 aromatic heterocycles. The topological polar surface area (TPSA) is 141 Å². The summed E-state index contributed by atoms with van der Waals surface area (Å²) in [6.45, 7) is 0. The molecule has 2 aromatic carbocycles. The van der Waals surface area contributed by atoms with Crippen molar-refractivity contribution in [2.75, 3.05) is 17.7 Å². The van der Waals surface area contributed by atoms with Crippen LogP contribution in [-0.4, -0.2) is 38.6 Å². The molecule has 2 heterocycles. The standard InChI is InChI=1S/C19H16N6O5/c1-30-15-9-12(25(28)29)7-8-13(15)20-16(26)10-14-18(27)22-19-21-17(23-24(14)19)11-5-3-2-4-6-11/h2-9,14H,10H2,1H3,(H,20,26)(H,21,22,23,27). The van der Waals surface area contributed by atoms with E-state index in [2.05, 4.69) is 20.7 Å². The number of fused-ring (bicyclic) bond motifs is 1. The van der Waals surface area contributed by atoms with Gasteiger partial charge in [-0.15, -0.1) is 5.10 Å². The zero-order valence-electron chi connectivity index (χ0n) is 15.7. The predicted molar refractivity (Wildman–Crippen MR) is 106 cm³/mol. The lowest BCUT2D eigenvalue weighted by Gasteiger charge is -2.12. The highest BCUT2D eigenvalue weighted by Crippen LogP contribution is 2.31. The number of nitrogens with zero attached hydrogens (tertiary/aromatic N) is 4. The van der Waals surface area contributed by atoms with Crippen LogP contribution in [0.15, 0.2) is 48.5 Å². The Kier molecular flexibility index (Phi) is 4.84. The van der Waals surface area contributed by atoms with Gasteiger partial charge in [-0.1, -0.05) is 30.3 Å². The number of aromatic nitrogens is 3. The van der Waals surface area contributed by atoms with Gasteiger partial charge in [0.2, 0.25) is 11.9 Å². The van der Waals surface area contributed by atoms with Crippen LogP contribution in [0, 0.1) is 10.1 Å². The van der Waals surface area contributed by atoms with Crippen molar-refractivity contribution in [2.45, 2.75) is 12.5 Å². The van der Waals surface area contributed by atoms with Crippen molar-refractivity contribution in [3.05, 3.63) is 58.6 Å². The number of carbonyl (C=O) groups is 2. The van der Waals surface area contributed by atoms with Crippen LogP contribution in [0.2, 0.25) is 0 Å². The highest BCUT2D eigenvalue weighted by molar-refractivity contribution is 6.01. The summed E-state index contributed by atoms with van der Waals surface area (Å²) in [5, 5.41) is 20.5. The van der Waals surface area contributed by atoms with Gasteiger partial charge in [-0.2, -0.15) is 4.98 Å². The summed E-state index contributed by atoms with van der Waals surface area (Å²) in [7, 11) is 1.34. The van der Waals surface area contributed by atoms with Gasteiger partial charge >= 0.3 is 0 Å². The minimum atomic E-state index is -0.867. The summed E-state index contributed by atoms with van der Waals surface area (Å²) in [5.41, 5.74) is 0.878. The molecular weight excluding hydrogens is 392 g/mol. The zero-order chi connectivity index (χ0) is 21.3. The number of nitrogens with one attached hydrogen (secondary N) is 2. The number of ether oxygens (including phenoxy) is 1. The van der Waals surface area contributed by atoms with Gasteiger partial charge in [0.25, 0.3) is 11.6 Å². The van der Waals surface area contributed by atoms with Crippen molar-refractivity contribution < 1.29 is 19.2 Å². The Balaban J connectivity index is 1.51. The number of non-ortho nitro benzene ring substituents is 1. The fraction of sp³-hybridized carbons (Fsp3) is 0.158. The first-order chi connectivity index (χ1) is 14.5. The number of nitro benzene ring substituents is 1. The summed E-state index contributed by atoms with van der Waals surface area (Å²) < 4.78 is 6.50. The Morgan fingerprint density at radius 3 is 2.77 bits per heavy atom. The Morgan fingerprint density at radius 1 is 1.30 bits per heavy atom. The molecule has 0 fully saturated rings. The number of hydrogen-bond acceptors (Lipinski definition) is 7. The lowest BCUT2D eigenvalue weighted by molar-refractivity contribution is -0.384. The number of benzene rings is 2. The molecule has 1 aliphatic heterocycles. The first-order valence-corrected chi connectivity index (χ1v) is 8.91. The van der Waals surface area contributed by atoms with Gasteiger partial charge in [0.1, 0.15) is 11.8 Å². The lowest BCUT2D eigenvalue weighted by Crippen LogP contribution is -2.24. The molecule has 0 radical (unpaired) electrons. The summed E-state index contributed by atoms with van der Waals surface area (Å²) in [5.74, 6) is -0.0267. The number of anilines is 2. The number of carbonyl (C=O) groups excluding carboxylic acids is 2. The summed E-state index contributed by atoms with van der Waals surface area (Å²) in [6, 6.07) is 12.2. The average Bonchev–Trinajstić information content (AvgIpc) is 3.27. The second-order valence-electron chi connectivity index (χ2n) is 6.47. The van der Waals surface area contributed by atoms with Gasteiger partial charge in [-0.05, 0) is 6.07 Å². The average molecular weight is 408 g/mol. The van der Waals surface area contributed by atoms with Crippen LogP contribution in [0.3, 0.4) is 0 Å². The van der Waals surface area contributed by atoms with Crippen LogP contribution in [0.25, 0.3) is 11.4 Å². The molecule has 30 heavy (non-hydrogen) atoms. The highest BCUT2D eigenvalue weighted by Gasteiger charge is 2.35. The predicted octanol–water partition coefficient (Wildman–Crippen LogP) is 2.38. The van der Waals surface area contributed by atoms with E-state index in [0.29, 0.717) is 5.82 Å². The maximum atomic E-state index is 12.5. The summed E-state index contributed by atoms with van der Waals surface area (Å²) in [6.07, 6.45) is -0.198. The van der Waals surface area contributed by atoms with Crippen molar-refractivity contribution in [3.8, 4) is 17.1 Å². The van der Waals surface area contributed by atoms with E-state index in [-0.39, 0.29) is 29.5 Å². The third kappa shape index (κ3) is 3.55. The maximum Gasteiger partial charge on any atom is 0.273 e. The van der Waals surface area contributed by atoms with Gasteiger partial charge in [0, 0.05) is 11.6 Å². The Hall–Kier alpha value is -4.28. The van der Waals surface area contributed by atoms with Crippen LogP contribution in [-0.2, 0) is 9.59 Å². The number of rotatable bonds is 6. The molecule has 11 nitrogen and oxygen atoms in total. The van der Waals surface area contributed by atoms with Crippen molar-refractivity contribution >= 4 is 29.1 Å². The lowest BCUT2D eigenvalue weighted by atomic mass is 10.2. The molecule has 2 N–H and O–H groups in total. The Morgan fingerprint density at radius 2 is 2.07 bits per heavy atom. The van der Waals surface area contributed by atoms with E-state index < -0.39 is 22.8 Å². The summed E-state index contributed by atoms with van der Waals surface area (Å²) >= 11 is 0. The van der Waals surface area contributed by atoms with Crippen LogP contribution < -0.4 is 15.4 Å². The second kappa shape index (κ2) is 7.62. The third-order valence-electron chi connectivity index (χ3n) is 4.54. The fourth-order valence-electron chi connectivity index (χ4n) is 3.09. The molecule has 1 aliphatic rings. The van der Waals surface area contributed by atoms with Gasteiger partial charge in [0.15, 0.2) is 5.82 Å². The van der Waals surface area contributed by atoms with Gasteiger partial charge in [-0.25, -0.2) is 4.68 Å². The van der Waals surface area contributed by atoms with E-state index in [1.165, 1.54) is 30.0 Å². The smallest absolute Gasteiger partial charge is 0.273 e. The molecule has 0 saturated carbocycles. The van der Waals surface area contributed by atoms with Crippen LogP contribution in [0.1, 0.15) is 12.5 Å². The van der Waals surface area contributed by atoms with Crippen LogP contribution in [0.5, 0.6) is 5.75 Å². The molecule has 4 rings (SSSR count). The van der Waals surface area contributed by atoms with Crippen LogP contribution in [0.4, 0.5) is 17.3 Å². The number of hydrogen-bond donors (Lipinski definition) is 2. The van der Waals surface area contributed by atoms with Crippen molar-refractivity contribution in [1.82, 2.24) is 14.8 Å². The van der Waals surface area contributed by atoms with Crippen molar-refractivity contribution in [1.29, 1.82) is 0 Å². The van der Waals surface area contributed by atoms with Crippen LogP contribution >= 0.6 is 0 Å². The molecule has 1 unspecified atom stereocenters. The first kappa shape index (κ1) is 19.1. The monoisotopic (exact) mass is 408 g/mol. The highest BCUT2D eigenvalue weighted by atomic mass is 16.6. The fourth-order valence-corrected chi connectivity index (χ4v) is 3.09. The Bertz CT molecular complexity index is 1140. The molecular formula is C19H16N6O5. The minimum Gasteiger partial charge on any atom is -0.494 e. The van der Waals surface area contributed by atoms with E-state index in [4.69, 9.17) is 4.74 Å². The molecule has 1 atom stereocenters. The third-order valence-corrected chi connectivity index (χ3v) is 4.54. The van der Waals surface area contributed by atoms with E-state index in [1.54, 1.807) is 0 Å². The first-order valence-electron chi connectivity index (χ1n) is 8.91. The van der Waals surface area contributed by atoms with Gasteiger partial charge in [-0.3, -0.25) is 25.0 Å². The molecule has 3 aromatic rings. The minimum absolute atomic E-state index is 0.140. The number of nitro groups is 1. The quantitative estimate of drug-likeness (QED) is 0.471. The number of amides is 2. The molecule has 0 spiro atoms. The maximum absolute atomic E-state index is 12.5. The van der Waals surface area contributed by atoms with Gasteiger partial charge in [0.05, 0.1) is 30.2 Å². The molecule has 0 bridgehead atoms. The molecule has 2 amide bonds. The van der Waals surface area contributed by atoms with Crippen molar-refractivity contribution in [2.24, 2.45) is 0 Å². The van der Waals surface area contributed by atoms with E-state index >= 15 is 0 Å². The normalized spacial score (nSPS) is 14.7. The van der Waals surface area contributed by atoms with Crippen molar-refractivity contribution in [3.63, 3.8) is 0 Å². The zero-order valence-corrected chi connectivity index (χ0v) is 15.7.